The first-order valence-electron chi connectivity index (χ1n) is 7.28. The van der Waals surface area contributed by atoms with E-state index in [1.165, 1.54) is 38.6 Å². The van der Waals surface area contributed by atoms with Crippen LogP contribution in [0.15, 0.2) is 54.6 Å². The average molecular weight is 260 g/mol. The van der Waals surface area contributed by atoms with Crippen LogP contribution in [-0.2, 0) is 6.42 Å². The third-order valence-electron chi connectivity index (χ3n) is 3.94. The second kappa shape index (κ2) is 5.13. The van der Waals surface area contributed by atoms with E-state index in [0.717, 1.165) is 6.42 Å². The number of rotatable bonds is 2. The molecular formula is C20H20. The minimum absolute atomic E-state index is 1.07. The Balaban J connectivity index is 2.37. The maximum atomic E-state index is 2.32. The van der Waals surface area contributed by atoms with Gasteiger partial charge in [-0.25, -0.2) is 0 Å². The van der Waals surface area contributed by atoms with Gasteiger partial charge in [0, 0.05) is 0 Å². The molecule has 0 radical (unpaired) electrons. The van der Waals surface area contributed by atoms with Crippen LogP contribution >= 0.6 is 0 Å². The number of benzene rings is 3. The predicted octanol–water partition coefficient (Wildman–Crippen LogP) is 5.69. The molecule has 0 atom stereocenters. The number of aryl methyl sites for hydroxylation is 3. The van der Waals surface area contributed by atoms with Crippen LogP contribution in [0.4, 0.5) is 0 Å². The summed E-state index contributed by atoms with van der Waals surface area (Å²) >= 11 is 0. The van der Waals surface area contributed by atoms with Crippen molar-refractivity contribution in [3.05, 3.63) is 71.3 Å². The highest BCUT2D eigenvalue weighted by molar-refractivity contribution is 5.98. The van der Waals surface area contributed by atoms with Crippen molar-refractivity contribution in [2.24, 2.45) is 0 Å². The van der Waals surface area contributed by atoms with Gasteiger partial charge in [-0.1, -0.05) is 67.1 Å². The summed E-state index contributed by atoms with van der Waals surface area (Å²) in [4.78, 5) is 0. The molecule has 0 unspecified atom stereocenters. The normalized spacial score (nSPS) is 10.9. The molecule has 0 bridgehead atoms. The Bertz CT molecular complexity index is 766. The lowest BCUT2D eigenvalue weighted by molar-refractivity contribution is 1.14. The molecule has 0 spiro atoms. The molecule has 100 valence electrons. The molecule has 0 aliphatic rings. The summed E-state index contributed by atoms with van der Waals surface area (Å²) in [5.41, 5.74) is 6.81. The van der Waals surface area contributed by atoms with E-state index < -0.39 is 0 Å². The van der Waals surface area contributed by atoms with Crippen molar-refractivity contribution in [2.45, 2.75) is 27.2 Å². The highest BCUT2D eigenvalue weighted by Crippen LogP contribution is 2.33. The fraction of sp³-hybridized carbons (Fsp3) is 0.200. The van der Waals surface area contributed by atoms with Gasteiger partial charge in [0.1, 0.15) is 0 Å². The molecule has 3 aromatic carbocycles. The van der Waals surface area contributed by atoms with Gasteiger partial charge in [0.05, 0.1) is 0 Å². The first-order chi connectivity index (χ1) is 9.69. The lowest BCUT2D eigenvalue weighted by Gasteiger charge is -2.13. The largest absolute Gasteiger partial charge is 0.0616 e. The molecule has 0 fully saturated rings. The zero-order chi connectivity index (χ0) is 14.1. The van der Waals surface area contributed by atoms with E-state index in [0.29, 0.717) is 0 Å². The Labute approximate surface area is 121 Å². The molecule has 0 N–H and O–H groups in total. The Morgan fingerprint density at radius 3 is 2.30 bits per heavy atom. The second-order valence-corrected chi connectivity index (χ2v) is 5.55. The molecule has 0 amide bonds. The molecule has 0 saturated carbocycles. The molecule has 0 heterocycles. The van der Waals surface area contributed by atoms with Crippen LogP contribution in [0, 0.1) is 13.8 Å². The number of hydrogen-bond donors (Lipinski definition) is 0. The molecule has 0 aliphatic heterocycles. The van der Waals surface area contributed by atoms with Gasteiger partial charge in [-0.3, -0.25) is 0 Å². The van der Waals surface area contributed by atoms with Crippen LogP contribution in [0.1, 0.15) is 23.6 Å². The molecule has 20 heavy (non-hydrogen) atoms. The van der Waals surface area contributed by atoms with Gasteiger partial charge in [0.25, 0.3) is 0 Å². The van der Waals surface area contributed by atoms with Gasteiger partial charge in [-0.15, -0.1) is 0 Å². The SMILES string of the molecule is CCc1ccc(C)cc1-c1cc(C)cc2ccccc12. The fourth-order valence-corrected chi connectivity index (χ4v) is 2.93. The van der Waals surface area contributed by atoms with Gasteiger partial charge in [-0.05, 0) is 53.3 Å². The summed E-state index contributed by atoms with van der Waals surface area (Å²) in [6, 6.07) is 20.0. The third-order valence-corrected chi connectivity index (χ3v) is 3.94. The standard InChI is InChI=1S/C20H20/c1-4-16-10-9-14(2)12-19(16)20-13-15(3)11-17-7-5-6-8-18(17)20/h5-13H,4H2,1-3H3. The van der Waals surface area contributed by atoms with Crippen molar-refractivity contribution < 1.29 is 0 Å². The van der Waals surface area contributed by atoms with Crippen molar-refractivity contribution in [1.29, 1.82) is 0 Å². The molecular weight excluding hydrogens is 240 g/mol. The summed E-state index contributed by atoms with van der Waals surface area (Å²) in [5, 5.41) is 2.67. The zero-order valence-electron chi connectivity index (χ0n) is 12.4. The van der Waals surface area contributed by atoms with Crippen LogP contribution in [0.25, 0.3) is 21.9 Å². The zero-order valence-corrected chi connectivity index (χ0v) is 12.4. The molecule has 0 heteroatoms. The summed E-state index contributed by atoms with van der Waals surface area (Å²) in [6.45, 7) is 6.57. The minimum atomic E-state index is 1.07. The Morgan fingerprint density at radius 2 is 1.50 bits per heavy atom. The number of hydrogen-bond acceptors (Lipinski definition) is 0. The summed E-state index contributed by atoms with van der Waals surface area (Å²) in [6.07, 6.45) is 1.07. The van der Waals surface area contributed by atoms with Crippen molar-refractivity contribution in [3.8, 4) is 11.1 Å². The monoisotopic (exact) mass is 260 g/mol. The van der Waals surface area contributed by atoms with Gasteiger partial charge >= 0.3 is 0 Å². The predicted molar refractivity (Wildman–Crippen MR) is 88.2 cm³/mol. The Kier molecular flexibility index (Phi) is 3.31. The van der Waals surface area contributed by atoms with Crippen LogP contribution in [0.5, 0.6) is 0 Å². The quantitative estimate of drug-likeness (QED) is 0.555. The van der Waals surface area contributed by atoms with Crippen molar-refractivity contribution in [3.63, 3.8) is 0 Å². The molecule has 0 saturated heterocycles. The van der Waals surface area contributed by atoms with E-state index in [1.54, 1.807) is 0 Å². The number of fused-ring (bicyclic) bond motifs is 1. The van der Waals surface area contributed by atoms with E-state index >= 15 is 0 Å². The molecule has 0 aromatic heterocycles. The molecule has 3 rings (SSSR count). The lowest BCUT2D eigenvalue weighted by atomic mass is 9.91. The molecule has 3 aromatic rings. The van der Waals surface area contributed by atoms with Gasteiger partial charge in [-0.2, -0.15) is 0 Å². The highest BCUT2D eigenvalue weighted by Gasteiger charge is 2.09. The summed E-state index contributed by atoms with van der Waals surface area (Å²) in [5.74, 6) is 0. The highest BCUT2D eigenvalue weighted by atomic mass is 14.1. The van der Waals surface area contributed by atoms with Crippen LogP contribution in [-0.4, -0.2) is 0 Å². The summed E-state index contributed by atoms with van der Waals surface area (Å²) in [7, 11) is 0. The van der Waals surface area contributed by atoms with E-state index in [4.69, 9.17) is 0 Å². The third kappa shape index (κ3) is 2.22. The van der Waals surface area contributed by atoms with Gasteiger partial charge < -0.3 is 0 Å². The summed E-state index contributed by atoms with van der Waals surface area (Å²) < 4.78 is 0. The van der Waals surface area contributed by atoms with Crippen molar-refractivity contribution >= 4 is 10.8 Å². The topological polar surface area (TPSA) is 0 Å². The van der Waals surface area contributed by atoms with E-state index in [1.807, 2.05) is 0 Å². The van der Waals surface area contributed by atoms with E-state index in [9.17, 15) is 0 Å². The van der Waals surface area contributed by atoms with Crippen LogP contribution < -0.4 is 0 Å². The molecule has 0 aliphatic carbocycles. The maximum absolute atomic E-state index is 2.32. The van der Waals surface area contributed by atoms with Gasteiger partial charge in [0.2, 0.25) is 0 Å². The van der Waals surface area contributed by atoms with Crippen LogP contribution in [0.2, 0.25) is 0 Å². The molecule has 0 nitrogen and oxygen atoms in total. The fourth-order valence-electron chi connectivity index (χ4n) is 2.93. The Hall–Kier alpha value is -2.08. The van der Waals surface area contributed by atoms with Crippen LogP contribution in [0.3, 0.4) is 0 Å². The van der Waals surface area contributed by atoms with E-state index in [-0.39, 0.29) is 0 Å². The maximum Gasteiger partial charge on any atom is -0.00999 e. The smallest absolute Gasteiger partial charge is 0.00999 e. The second-order valence-electron chi connectivity index (χ2n) is 5.55. The van der Waals surface area contributed by atoms with E-state index in [2.05, 4.69) is 75.4 Å². The Morgan fingerprint density at radius 1 is 0.750 bits per heavy atom. The first-order valence-corrected chi connectivity index (χ1v) is 7.28. The van der Waals surface area contributed by atoms with Gasteiger partial charge in [0.15, 0.2) is 0 Å². The average Bonchev–Trinajstić information content (AvgIpc) is 2.46. The first kappa shape index (κ1) is 12.9. The van der Waals surface area contributed by atoms with Crippen molar-refractivity contribution in [2.75, 3.05) is 0 Å². The van der Waals surface area contributed by atoms with Crippen molar-refractivity contribution in [1.82, 2.24) is 0 Å². The lowest BCUT2D eigenvalue weighted by Crippen LogP contribution is -1.91. The minimum Gasteiger partial charge on any atom is -0.0616 e.